The second kappa shape index (κ2) is 5.97. The van der Waals surface area contributed by atoms with E-state index in [1.54, 1.807) is 0 Å². The summed E-state index contributed by atoms with van der Waals surface area (Å²) >= 11 is 0. The molecule has 0 unspecified atom stereocenters. The first-order chi connectivity index (χ1) is 13.9. The largest absolute Gasteiger partial charge is 0.456 e. The van der Waals surface area contributed by atoms with Gasteiger partial charge in [-0.2, -0.15) is 0 Å². The van der Waals surface area contributed by atoms with Gasteiger partial charge in [0, 0.05) is 11.8 Å². The van der Waals surface area contributed by atoms with Gasteiger partial charge in [-0.1, -0.05) is 78.9 Å². The molecule has 0 atom stereocenters. The fourth-order valence-electron chi connectivity index (χ4n) is 4.36. The van der Waals surface area contributed by atoms with Crippen molar-refractivity contribution < 1.29 is 4.42 Å². The molecule has 1 aromatic heterocycles. The zero-order valence-corrected chi connectivity index (χ0v) is 15.4. The van der Waals surface area contributed by atoms with Gasteiger partial charge in [-0.05, 0) is 56.8 Å². The number of fused-ring (bicyclic) bond motifs is 3. The van der Waals surface area contributed by atoms with Crippen molar-refractivity contribution in [3.63, 3.8) is 0 Å². The summed E-state index contributed by atoms with van der Waals surface area (Å²) in [6.07, 6.45) is 3.22. The molecule has 132 valence electrons. The van der Waals surface area contributed by atoms with Gasteiger partial charge in [-0.15, -0.1) is 0 Å². The van der Waals surface area contributed by atoms with Crippen molar-refractivity contribution in [1.82, 2.24) is 0 Å². The number of rotatable bonds is 2. The number of hydrogen-bond acceptors (Lipinski definition) is 1. The summed E-state index contributed by atoms with van der Waals surface area (Å²) in [5.74, 6) is 0.973. The monoisotopic (exact) mass is 358 g/mol. The number of benzene rings is 4. The third-order valence-electron chi connectivity index (χ3n) is 5.72. The van der Waals surface area contributed by atoms with E-state index in [2.05, 4.69) is 84.9 Å². The Morgan fingerprint density at radius 2 is 1.39 bits per heavy atom. The Hall–Kier alpha value is -3.58. The first-order valence-corrected chi connectivity index (χ1v) is 9.66. The summed E-state index contributed by atoms with van der Waals surface area (Å²) in [6, 6.07) is 32.2. The van der Waals surface area contributed by atoms with E-state index in [9.17, 15) is 0 Å². The van der Waals surface area contributed by atoms with E-state index in [0.29, 0.717) is 0 Å². The van der Waals surface area contributed by atoms with Crippen LogP contribution in [0.4, 0.5) is 0 Å². The highest BCUT2D eigenvalue weighted by atomic mass is 16.3. The van der Waals surface area contributed by atoms with Crippen molar-refractivity contribution in [2.45, 2.75) is 6.42 Å². The molecule has 0 aliphatic heterocycles. The van der Waals surface area contributed by atoms with Gasteiger partial charge in [-0.3, -0.25) is 0 Å². The third-order valence-corrected chi connectivity index (χ3v) is 5.72. The van der Waals surface area contributed by atoms with Crippen LogP contribution in [-0.4, -0.2) is 0 Å². The predicted octanol–water partition coefficient (Wildman–Crippen LogP) is 7.35. The highest BCUT2D eigenvalue weighted by Gasteiger charge is 2.20. The first-order valence-electron chi connectivity index (χ1n) is 9.66. The van der Waals surface area contributed by atoms with Gasteiger partial charge < -0.3 is 4.42 Å². The van der Waals surface area contributed by atoms with Crippen molar-refractivity contribution in [2.75, 3.05) is 0 Å². The minimum absolute atomic E-state index is 0.910. The molecular formula is C27H18O. The van der Waals surface area contributed by atoms with Crippen molar-refractivity contribution in [2.24, 2.45) is 0 Å². The standard InChI is InChI=1S/C27H18O/c1-3-11-22-18(7-1)9-5-12-23(22)24-13-6-10-19-15-21(16-25(19)24)27-17-20-8-2-4-14-26(20)28-27/h1-14,16-17H,15H2. The lowest BCUT2D eigenvalue weighted by atomic mass is 9.93. The maximum absolute atomic E-state index is 6.13. The lowest BCUT2D eigenvalue weighted by Gasteiger charge is -2.11. The van der Waals surface area contributed by atoms with Crippen molar-refractivity contribution in [3.05, 3.63) is 108 Å². The van der Waals surface area contributed by atoms with E-state index in [0.717, 1.165) is 23.2 Å². The number of furan rings is 1. The Balaban J connectivity index is 1.52. The molecule has 0 saturated heterocycles. The van der Waals surface area contributed by atoms with E-state index in [-0.39, 0.29) is 0 Å². The topological polar surface area (TPSA) is 13.1 Å². The Morgan fingerprint density at radius 1 is 0.643 bits per heavy atom. The lowest BCUT2D eigenvalue weighted by Crippen LogP contribution is -1.88. The minimum Gasteiger partial charge on any atom is -0.456 e. The number of para-hydroxylation sites is 1. The van der Waals surface area contributed by atoms with Crippen LogP contribution in [-0.2, 0) is 6.42 Å². The average molecular weight is 358 g/mol. The molecule has 0 amide bonds. The van der Waals surface area contributed by atoms with E-state index >= 15 is 0 Å². The molecule has 4 aromatic carbocycles. The summed E-state index contributed by atoms with van der Waals surface area (Å²) in [4.78, 5) is 0. The molecule has 0 radical (unpaired) electrons. The molecule has 1 heterocycles. The molecule has 0 fully saturated rings. The molecule has 5 aromatic rings. The fraction of sp³-hybridized carbons (Fsp3) is 0.0370. The maximum atomic E-state index is 6.13. The quantitative estimate of drug-likeness (QED) is 0.321. The molecule has 1 aliphatic carbocycles. The normalized spacial score (nSPS) is 13.1. The Bertz CT molecular complexity index is 1350. The van der Waals surface area contributed by atoms with Crippen LogP contribution in [0.25, 0.3) is 44.5 Å². The van der Waals surface area contributed by atoms with Crippen molar-refractivity contribution in [3.8, 4) is 11.1 Å². The van der Waals surface area contributed by atoms with Gasteiger partial charge in [0.1, 0.15) is 11.3 Å². The number of hydrogen-bond donors (Lipinski definition) is 0. The van der Waals surface area contributed by atoms with Crippen LogP contribution >= 0.6 is 0 Å². The Labute approximate surface area is 163 Å². The van der Waals surface area contributed by atoms with Crippen LogP contribution in [0.5, 0.6) is 0 Å². The lowest BCUT2D eigenvalue weighted by molar-refractivity contribution is 0.598. The Morgan fingerprint density at radius 3 is 2.32 bits per heavy atom. The molecule has 6 rings (SSSR count). The molecule has 1 aliphatic rings. The molecule has 0 bridgehead atoms. The second-order valence-corrected chi connectivity index (χ2v) is 7.40. The highest BCUT2D eigenvalue weighted by molar-refractivity contribution is 6.02. The molecule has 0 saturated carbocycles. The van der Waals surface area contributed by atoms with Crippen LogP contribution < -0.4 is 0 Å². The molecule has 1 nitrogen and oxygen atoms in total. The van der Waals surface area contributed by atoms with Crippen LogP contribution in [0.3, 0.4) is 0 Å². The molecule has 0 N–H and O–H groups in total. The van der Waals surface area contributed by atoms with E-state index in [4.69, 9.17) is 4.42 Å². The summed E-state index contributed by atoms with van der Waals surface area (Å²) < 4.78 is 6.13. The molecular weight excluding hydrogens is 340 g/mol. The molecule has 1 heteroatoms. The Kier molecular flexibility index (Phi) is 3.30. The van der Waals surface area contributed by atoms with Gasteiger partial charge in [-0.25, -0.2) is 0 Å². The first kappa shape index (κ1) is 15.5. The van der Waals surface area contributed by atoms with Crippen LogP contribution in [0, 0.1) is 0 Å². The zero-order chi connectivity index (χ0) is 18.5. The fourth-order valence-corrected chi connectivity index (χ4v) is 4.36. The van der Waals surface area contributed by atoms with Crippen molar-refractivity contribution in [1.29, 1.82) is 0 Å². The smallest absolute Gasteiger partial charge is 0.134 e. The maximum Gasteiger partial charge on any atom is 0.134 e. The summed E-state index contributed by atoms with van der Waals surface area (Å²) in [5, 5.41) is 3.73. The van der Waals surface area contributed by atoms with E-state index in [1.807, 2.05) is 12.1 Å². The summed E-state index contributed by atoms with van der Waals surface area (Å²) in [7, 11) is 0. The third kappa shape index (κ3) is 2.33. The predicted molar refractivity (Wildman–Crippen MR) is 117 cm³/mol. The van der Waals surface area contributed by atoms with Crippen LogP contribution in [0.1, 0.15) is 16.9 Å². The van der Waals surface area contributed by atoms with Gasteiger partial charge in [0.05, 0.1) is 0 Å². The van der Waals surface area contributed by atoms with Crippen LogP contribution in [0.2, 0.25) is 0 Å². The highest BCUT2D eigenvalue weighted by Crippen LogP contribution is 2.40. The SMILES string of the molecule is C1=C(c2cc3ccccc3o2)Cc2cccc(-c3cccc4ccccc34)c21. The van der Waals surface area contributed by atoms with Gasteiger partial charge in [0.25, 0.3) is 0 Å². The van der Waals surface area contributed by atoms with E-state index < -0.39 is 0 Å². The van der Waals surface area contributed by atoms with Gasteiger partial charge in [0.15, 0.2) is 0 Å². The minimum atomic E-state index is 0.910. The molecule has 28 heavy (non-hydrogen) atoms. The van der Waals surface area contributed by atoms with E-state index in [1.165, 1.54) is 38.6 Å². The average Bonchev–Trinajstić information content (AvgIpc) is 3.37. The number of allylic oxidation sites excluding steroid dienone is 1. The van der Waals surface area contributed by atoms with Gasteiger partial charge >= 0.3 is 0 Å². The summed E-state index contributed by atoms with van der Waals surface area (Å²) in [6.45, 7) is 0. The van der Waals surface area contributed by atoms with Crippen LogP contribution in [0.15, 0.2) is 95.4 Å². The second-order valence-electron chi connectivity index (χ2n) is 7.40. The molecule has 0 spiro atoms. The summed E-state index contributed by atoms with van der Waals surface area (Å²) in [5.41, 5.74) is 7.45. The van der Waals surface area contributed by atoms with Gasteiger partial charge in [0.2, 0.25) is 0 Å². The zero-order valence-electron chi connectivity index (χ0n) is 15.4. The van der Waals surface area contributed by atoms with Crippen molar-refractivity contribution >= 4 is 33.4 Å².